The number of rotatable bonds is 6. The number of carbonyl (C=O) groups excluding carboxylic acids is 1. The van der Waals surface area contributed by atoms with Crippen molar-refractivity contribution in [1.82, 2.24) is 5.32 Å². The van der Waals surface area contributed by atoms with Gasteiger partial charge in [0, 0.05) is 0 Å². The van der Waals surface area contributed by atoms with E-state index in [1.807, 2.05) is 0 Å². The van der Waals surface area contributed by atoms with Crippen molar-refractivity contribution in [3.05, 3.63) is 0 Å². The molecule has 0 heterocycles. The molecule has 5 N–H and O–H groups in total. The summed E-state index contributed by atoms with van der Waals surface area (Å²) in [7, 11) is 0. The van der Waals surface area contributed by atoms with Crippen LogP contribution in [-0.4, -0.2) is 40.1 Å². The minimum atomic E-state index is -1.44. The van der Waals surface area contributed by atoms with Gasteiger partial charge in [0.2, 0.25) is 5.91 Å². The Morgan fingerprint density at radius 2 is 1.87 bits per heavy atom. The molecule has 0 aliphatic heterocycles. The summed E-state index contributed by atoms with van der Waals surface area (Å²) in [6, 6.07) is -2.26. The second kappa shape index (κ2) is 5.97. The fraction of sp³-hybridized carbons (Fsp3) is 0.625. The fourth-order valence-corrected chi connectivity index (χ4v) is 0.839. The van der Waals surface area contributed by atoms with Gasteiger partial charge in [-0.25, -0.2) is 4.79 Å². The molecule has 0 saturated heterocycles. The van der Waals surface area contributed by atoms with E-state index in [1.165, 1.54) is 0 Å². The molecule has 15 heavy (non-hydrogen) atoms. The zero-order chi connectivity index (χ0) is 12.0. The Morgan fingerprint density at radius 1 is 1.33 bits per heavy atom. The number of hydrogen-bond donors (Lipinski definition) is 4. The Morgan fingerprint density at radius 3 is 2.20 bits per heavy atom. The number of carbonyl (C=O) groups is 3. The van der Waals surface area contributed by atoms with Crippen molar-refractivity contribution >= 4 is 17.8 Å². The maximum atomic E-state index is 11.2. The van der Waals surface area contributed by atoms with E-state index in [0.29, 0.717) is 6.42 Å². The highest BCUT2D eigenvalue weighted by Crippen LogP contribution is 1.95. The first-order valence-corrected chi connectivity index (χ1v) is 4.39. The molecule has 0 aliphatic rings. The number of carboxylic acid groups (broad SMARTS) is 2. The van der Waals surface area contributed by atoms with Crippen LogP contribution in [0.15, 0.2) is 0 Å². The van der Waals surface area contributed by atoms with Crippen molar-refractivity contribution in [1.29, 1.82) is 0 Å². The molecule has 2 atom stereocenters. The van der Waals surface area contributed by atoms with E-state index < -0.39 is 36.4 Å². The topological polar surface area (TPSA) is 130 Å². The quantitative estimate of drug-likeness (QED) is 0.441. The summed E-state index contributed by atoms with van der Waals surface area (Å²) in [6.45, 7) is 1.66. The van der Waals surface area contributed by atoms with Gasteiger partial charge in [-0.2, -0.15) is 0 Å². The van der Waals surface area contributed by atoms with Crippen LogP contribution in [0.2, 0.25) is 0 Å². The lowest BCUT2D eigenvalue weighted by molar-refractivity contribution is -0.147. The summed E-state index contributed by atoms with van der Waals surface area (Å²) in [5, 5.41) is 19.1. The van der Waals surface area contributed by atoms with E-state index in [-0.39, 0.29) is 0 Å². The lowest BCUT2D eigenvalue weighted by Gasteiger charge is -2.15. The minimum Gasteiger partial charge on any atom is -0.481 e. The van der Waals surface area contributed by atoms with E-state index >= 15 is 0 Å². The zero-order valence-electron chi connectivity index (χ0n) is 8.27. The van der Waals surface area contributed by atoms with Crippen LogP contribution in [-0.2, 0) is 14.4 Å². The second-order valence-electron chi connectivity index (χ2n) is 3.01. The van der Waals surface area contributed by atoms with E-state index in [4.69, 9.17) is 15.9 Å². The van der Waals surface area contributed by atoms with Gasteiger partial charge in [-0.3, -0.25) is 9.59 Å². The second-order valence-corrected chi connectivity index (χ2v) is 3.01. The minimum absolute atomic E-state index is 0.352. The van der Waals surface area contributed by atoms with Crippen molar-refractivity contribution in [2.45, 2.75) is 31.8 Å². The Balaban J connectivity index is 4.35. The zero-order valence-corrected chi connectivity index (χ0v) is 8.27. The van der Waals surface area contributed by atoms with Gasteiger partial charge in [0.25, 0.3) is 0 Å². The van der Waals surface area contributed by atoms with Crippen LogP contribution in [0.25, 0.3) is 0 Å². The molecule has 0 saturated carbocycles. The maximum Gasteiger partial charge on any atom is 0.326 e. The van der Waals surface area contributed by atoms with Crippen LogP contribution in [0.4, 0.5) is 0 Å². The first-order valence-electron chi connectivity index (χ1n) is 4.39. The van der Waals surface area contributed by atoms with E-state index in [2.05, 4.69) is 5.32 Å². The van der Waals surface area contributed by atoms with Crippen LogP contribution >= 0.6 is 0 Å². The van der Waals surface area contributed by atoms with Gasteiger partial charge in [-0.05, 0) is 6.42 Å². The van der Waals surface area contributed by atoms with Gasteiger partial charge in [-0.1, -0.05) is 6.92 Å². The van der Waals surface area contributed by atoms with Gasteiger partial charge in [0.05, 0.1) is 12.5 Å². The molecule has 0 aliphatic carbocycles. The Kier molecular flexibility index (Phi) is 5.32. The highest BCUT2D eigenvalue weighted by atomic mass is 16.4. The molecule has 0 radical (unpaired) electrons. The number of aliphatic carboxylic acids is 2. The summed E-state index contributed by atoms with van der Waals surface area (Å²) in [4.78, 5) is 32.0. The molecule has 86 valence electrons. The van der Waals surface area contributed by atoms with E-state index in [1.54, 1.807) is 6.92 Å². The number of carboxylic acids is 2. The lowest BCUT2D eigenvalue weighted by Crippen LogP contribution is -2.48. The molecule has 0 fully saturated rings. The Hall–Kier alpha value is -1.63. The summed E-state index contributed by atoms with van der Waals surface area (Å²) in [5.41, 5.74) is 5.34. The third-order valence-corrected chi connectivity index (χ3v) is 1.77. The normalized spacial score (nSPS) is 14.0. The van der Waals surface area contributed by atoms with Crippen molar-refractivity contribution in [3.63, 3.8) is 0 Å². The monoisotopic (exact) mass is 218 g/mol. The predicted octanol–water partition coefficient (Wildman–Crippen LogP) is -1.23. The van der Waals surface area contributed by atoms with Crippen LogP contribution in [0.3, 0.4) is 0 Å². The molecule has 0 aromatic carbocycles. The molecule has 0 aromatic rings. The maximum absolute atomic E-state index is 11.2. The number of hydrogen-bond acceptors (Lipinski definition) is 4. The van der Waals surface area contributed by atoms with Crippen molar-refractivity contribution in [2.75, 3.05) is 0 Å². The van der Waals surface area contributed by atoms with Gasteiger partial charge in [-0.15, -0.1) is 0 Å². The van der Waals surface area contributed by atoms with Crippen LogP contribution < -0.4 is 11.1 Å². The lowest BCUT2D eigenvalue weighted by atomic mass is 10.1. The molecular formula is C8H14N2O5. The molecular weight excluding hydrogens is 204 g/mol. The molecule has 0 aromatic heterocycles. The van der Waals surface area contributed by atoms with Crippen molar-refractivity contribution < 1.29 is 24.6 Å². The summed E-state index contributed by atoms with van der Waals surface area (Å²) >= 11 is 0. The standard InChI is InChI=1S/C8H14N2O5/c1-2-4(9)7(13)10-5(8(14)15)3-6(11)12/h4-5H,2-3,9H2,1H3,(H,10,13)(H,11,12)(H,14,15)/t4-,5?/m0/s1. The third-order valence-electron chi connectivity index (χ3n) is 1.77. The highest BCUT2D eigenvalue weighted by Gasteiger charge is 2.24. The molecule has 7 heteroatoms. The summed E-state index contributed by atoms with van der Waals surface area (Å²) in [5.74, 6) is -3.35. The van der Waals surface area contributed by atoms with Gasteiger partial charge < -0.3 is 21.3 Å². The Labute approximate surface area is 86.3 Å². The van der Waals surface area contributed by atoms with Crippen molar-refractivity contribution in [3.8, 4) is 0 Å². The van der Waals surface area contributed by atoms with Gasteiger partial charge >= 0.3 is 11.9 Å². The number of amides is 1. The first-order chi connectivity index (χ1) is 6.88. The smallest absolute Gasteiger partial charge is 0.326 e. The third kappa shape index (κ3) is 4.96. The molecule has 7 nitrogen and oxygen atoms in total. The van der Waals surface area contributed by atoms with E-state index in [9.17, 15) is 14.4 Å². The average Bonchev–Trinajstić information content (AvgIpc) is 2.14. The predicted molar refractivity (Wildman–Crippen MR) is 50.1 cm³/mol. The van der Waals surface area contributed by atoms with Gasteiger partial charge in [0.15, 0.2) is 0 Å². The number of nitrogens with one attached hydrogen (secondary N) is 1. The molecule has 0 rings (SSSR count). The largest absolute Gasteiger partial charge is 0.481 e. The van der Waals surface area contributed by atoms with Crippen molar-refractivity contribution in [2.24, 2.45) is 5.73 Å². The Bertz CT molecular complexity index is 266. The summed E-state index contributed by atoms with van der Waals surface area (Å²) < 4.78 is 0. The molecule has 1 unspecified atom stereocenters. The number of nitrogens with two attached hydrogens (primary N) is 1. The van der Waals surface area contributed by atoms with E-state index in [0.717, 1.165) is 0 Å². The van der Waals surface area contributed by atoms with Gasteiger partial charge in [0.1, 0.15) is 6.04 Å². The van der Waals surface area contributed by atoms with Crippen LogP contribution in [0, 0.1) is 0 Å². The molecule has 0 spiro atoms. The average molecular weight is 218 g/mol. The fourth-order valence-electron chi connectivity index (χ4n) is 0.839. The van der Waals surface area contributed by atoms with Crippen LogP contribution in [0.5, 0.6) is 0 Å². The molecule has 0 bridgehead atoms. The molecule has 1 amide bonds. The first kappa shape index (κ1) is 13.4. The highest BCUT2D eigenvalue weighted by molar-refractivity contribution is 5.88. The summed E-state index contributed by atoms with van der Waals surface area (Å²) in [6.07, 6.45) is -0.317. The van der Waals surface area contributed by atoms with Crippen LogP contribution in [0.1, 0.15) is 19.8 Å². The SMILES string of the molecule is CC[C@H](N)C(=O)NC(CC(=O)O)C(=O)O.